The highest BCUT2D eigenvalue weighted by Crippen LogP contribution is 2.44. The summed E-state index contributed by atoms with van der Waals surface area (Å²) in [6, 6.07) is 2.44. The normalized spacial score (nSPS) is 50.1. The summed E-state index contributed by atoms with van der Waals surface area (Å²) < 4.78 is 0. The monoisotopic (exact) mass is 108 g/mol. The van der Waals surface area contributed by atoms with Gasteiger partial charge in [-0.25, -0.2) is 0 Å². The van der Waals surface area contributed by atoms with Gasteiger partial charge in [-0.05, 0) is 24.8 Å². The van der Waals surface area contributed by atoms with Crippen molar-refractivity contribution in [1.29, 1.82) is 5.26 Å². The molecule has 1 saturated heterocycles. The van der Waals surface area contributed by atoms with E-state index < -0.39 is 0 Å². The maximum Gasteiger partial charge on any atom is 0.0984 e. The van der Waals surface area contributed by atoms with Crippen molar-refractivity contribution < 1.29 is 0 Å². The largest absolute Gasteiger partial charge is 0.301 e. The second-order valence-corrected chi connectivity index (χ2v) is 2.67. The zero-order valence-electron chi connectivity index (χ0n) is 4.59. The Morgan fingerprint density at radius 2 is 2.50 bits per heavy atom. The van der Waals surface area contributed by atoms with Gasteiger partial charge in [0.15, 0.2) is 0 Å². The van der Waals surface area contributed by atoms with E-state index in [9.17, 15) is 0 Å². The van der Waals surface area contributed by atoms with Gasteiger partial charge in [-0.1, -0.05) is 0 Å². The van der Waals surface area contributed by atoms with E-state index in [1.165, 1.54) is 6.42 Å². The summed E-state index contributed by atoms with van der Waals surface area (Å²) >= 11 is 0. The highest BCUT2D eigenvalue weighted by molar-refractivity contribution is 5.11. The molecule has 1 aliphatic carbocycles. The molecule has 0 aromatic carbocycles. The molecule has 0 radical (unpaired) electrons. The molecule has 1 N–H and O–H groups in total. The quantitative estimate of drug-likeness (QED) is 0.478. The van der Waals surface area contributed by atoms with E-state index >= 15 is 0 Å². The van der Waals surface area contributed by atoms with Crippen LogP contribution < -0.4 is 5.32 Å². The first-order valence-corrected chi connectivity index (χ1v) is 3.05. The third-order valence-electron chi connectivity index (χ3n) is 2.14. The van der Waals surface area contributed by atoms with E-state index in [0.717, 1.165) is 18.4 Å². The first-order valence-electron chi connectivity index (χ1n) is 3.05. The molecular formula is C6H8N2. The summed E-state index contributed by atoms with van der Waals surface area (Å²) in [5.41, 5.74) is 0. The topological polar surface area (TPSA) is 35.8 Å². The van der Waals surface area contributed by atoms with Crippen molar-refractivity contribution in [1.82, 2.24) is 5.32 Å². The summed E-state index contributed by atoms with van der Waals surface area (Å²) in [6.07, 6.45) is 1.30. The highest BCUT2D eigenvalue weighted by Gasteiger charge is 2.48. The molecule has 1 aliphatic heterocycles. The van der Waals surface area contributed by atoms with Gasteiger partial charge >= 0.3 is 0 Å². The Morgan fingerprint density at radius 3 is 2.75 bits per heavy atom. The smallest absolute Gasteiger partial charge is 0.0984 e. The van der Waals surface area contributed by atoms with Crippen molar-refractivity contribution >= 4 is 0 Å². The SMILES string of the molecule is N#C[C@@H]1NC[C@@H]2C[C@@H]21. The first kappa shape index (κ1) is 4.34. The summed E-state index contributed by atoms with van der Waals surface area (Å²) in [7, 11) is 0. The lowest BCUT2D eigenvalue weighted by Gasteiger charge is -1.98. The predicted octanol–water partition coefficient (Wildman–Crippen LogP) is 0.118. The second-order valence-electron chi connectivity index (χ2n) is 2.67. The van der Waals surface area contributed by atoms with Gasteiger partial charge in [0.1, 0.15) is 0 Å². The van der Waals surface area contributed by atoms with Crippen LogP contribution in [0.15, 0.2) is 0 Å². The van der Waals surface area contributed by atoms with E-state index in [2.05, 4.69) is 11.4 Å². The van der Waals surface area contributed by atoms with Gasteiger partial charge in [0.05, 0.1) is 12.1 Å². The van der Waals surface area contributed by atoms with Crippen molar-refractivity contribution in [3.8, 4) is 6.07 Å². The number of nitrogens with zero attached hydrogens (tertiary/aromatic N) is 1. The van der Waals surface area contributed by atoms with Crippen LogP contribution in [-0.2, 0) is 0 Å². The molecule has 0 spiro atoms. The summed E-state index contributed by atoms with van der Waals surface area (Å²) in [5, 5.41) is 11.6. The van der Waals surface area contributed by atoms with E-state index in [-0.39, 0.29) is 6.04 Å². The number of fused-ring (bicyclic) bond motifs is 1. The third-order valence-corrected chi connectivity index (χ3v) is 2.14. The fraction of sp³-hybridized carbons (Fsp3) is 0.833. The third kappa shape index (κ3) is 0.399. The van der Waals surface area contributed by atoms with Gasteiger partial charge < -0.3 is 5.32 Å². The van der Waals surface area contributed by atoms with E-state index in [1.54, 1.807) is 0 Å². The van der Waals surface area contributed by atoms with Crippen molar-refractivity contribution in [2.24, 2.45) is 11.8 Å². The molecule has 1 heterocycles. The van der Waals surface area contributed by atoms with Gasteiger partial charge in [-0.15, -0.1) is 0 Å². The molecule has 2 aliphatic rings. The molecule has 0 aromatic heterocycles. The van der Waals surface area contributed by atoms with Gasteiger partial charge in [0.25, 0.3) is 0 Å². The Balaban J connectivity index is 2.09. The fourth-order valence-electron chi connectivity index (χ4n) is 1.49. The molecule has 2 heteroatoms. The van der Waals surface area contributed by atoms with Crippen molar-refractivity contribution in [2.45, 2.75) is 12.5 Å². The second kappa shape index (κ2) is 1.24. The van der Waals surface area contributed by atoms with Crippen LogP contribution in [0.25, 0.3) is 0 Å². The average molecular weight is 108 g/mol. The lowest BCUT2D eigenvalue weighted by molar-refractivity contribution is 0.640. The predicted molar refractivity (Wildman–Crippen MR) is 29.0 cm³/mol. The molecule has 1 saturated carbocycles. The van der Waals surface area contributed by atoms with Gasteiger partial charge in [-0.2, -0.15) is 5.26 Å². The Morgan fingerprint density at radius 1 is 1.62 bits per heavy atom. The Bertz CT molecular complexity index is 147. The maximum atomic E-state index is 8.45. The number of nitrogens with one attached hydrogen (secondary N) is 1. The van der Waals surface area contributed by atoms with Crippen LogP contribution in [0.1, 0.15) is 6.42 Å². The molecule has 42 valence electrons. The van der Waals surface area contributed by atoms with E-state index in [0.29, 0.717) is 0 Å². The van der Waals surface area contributed by atoms with Crippen LogP contribution >= 0.6 is 0 Å². The zero-order chi connectivity index (χ0) is 5.56. The summed E-state index contributed by atoms with van der Waals surface area (Å²) in [4.78, 5) is 0. The minimum Gasteiger partial charge on any atom is -0.301 e. The molecule has 0 aromatic rings. The van der Waals surface area contributed by atoms with Crippen LogP contribution in [0.5, 0.6) is 0 Å². The molecule has 2 nitrogen and oxygen atoms in total. The molecule has 0 unspecified atom stereocenters. The molecule has 2 rings (SSSR count). The lowest BCUT2D eigenvalue weighted by atomic mass is 10.2. The Labute approximate surface area is 48.5 Å². The minimum absolute atomic E-state index is 0.194. The van der Waals surface area contributed by atoms with E-state index in [1.807, 2.05) is 0 Å². The Kier molecular flexibility index (Phi) is 0.671. The minimum atomic E-state index is 0.194. The fourth-order valence-corrected chi connectivity index (χ4v) is 1.49. The van der Waals surface area contributed by atoms with Gasteiger partial charge in [0.2, 0.25) is 0 Å². The van der Waals surface area contributed by atoms with E-state index in [4.69, 9.17) is 5.26 Å². The average Bonchev–Trinajstić information content (AvgIpc) is 2.46. The number of nitriles is 1. The van der Waals surface area contributed by atoms with Crippen LogP contribution in [0, 0.1) is 23.2 Å². The van der Waals surface area contributed by atoms with Crippen LogP contribution in [0.3, 0.4) is 0 Å². The number of hydrogen-bond acceptors (Lipinski definition) is 2. The highest BCUT2D eigenvalue weighted by atomic mass is 15.0. The zero-order valence-corrected chi connectivity index (χ0v) is 4.59. The Hall–Kier alpha value is -0.550. The molecule has 2 fully saturated rings. The lowest BCUT2D eigenvalue weighted by Crippen LogP contribution is -2.23. The molecule has 3 atom stereocenters. The first-order chi connectivity index (χ1) is 3.92. The summed E-state index contributed by atoms with van der Waals surface area (Å²) in [5.74, 6) is 1.58. The molecule has 0 amide bonds. The number of piperidine rings is 1. The van der Waals surface area contributed by atoms with Crippen LogP contribution in [0.2, 0.25) is 0 Å². The number of rotatable bonds is 0. The standard InChI is InChI=1S/C6H8N2/c7-2-6-5-1-4(5)3-8-6/h4-6,8H,1,3H2/t4-,5-,6-/m0/s1. The molecule has 0 bridgehead atoms. The van der Waals surface area contributed by atoms with Crippen molar-refractivity contribution in [2.75, 3.05) is 6.54 Å². The van der Waals surface area contributed by atoms with Crippen LogP contribution in [-0.4, -0.2) is 12.6 Å². The van der Waals surface area contributed by atoms with Gasteiger partial charge in [-0.3, -0.25) is 0 Å². The van der Waals surface area contributed by atoms with Crippen molar-refractivity contribution in [3.63, 3.8) is 0 Å². The number of hydrogen-bond donors (Lipinski definition) is 1. The van der Waals surface area contributed by atoms with Gasteiger partial charge in [0, 0.05) is 0 Å². The molecule has 8 heavy (non-hydrogen) atoms. The summed E-state index contributed by atoms with van der Waals surface area (Å²) in [6.45, 7) is 1.09. The van der Waals surface area contributed by atoms with Crippen LogP contribution in [0.4, 0.5) is 0 Å². The van der Waals surface area contributed by atoms with Crippen molar-refractivity contribution in [3.05, 3.63) is 0 Å². The molecular weight excluding hydrogens is 100 g/mol. The maximum absolute atomic E-state index is 8.45.